The summed E-state index contributed by atoms with van der Waals surface area (Å²) in [4.78, 5) is 16.8. The molecule has 22 heavy (non-hydrogen) atoms. The number of fused-ring (bicyclic) bond motifs is 2. The van der Waals surface area contributed by atoms with Crippen LogP contribution in [0.1, 0.15) is 19.7 Å². The quantitative estimate of drug-likeness (QED) is 0.840. The Bertz CT molecular complexity index is 744. The molecule has 1 saturated carbocycles. The Morgan fingerprint density at radius 2 is 2.14 bits per heavy atom. The molecule has 0 radical (unpaired) electrons. The minimum absolute atomic E-state index is 0.0505. The molecule has 1 aliphatic heterocycles. The Labute approximate surface area is 127 Å². The van der Waals surface area contributed by atoms with Crippen molar-refractivity contribution >= 4 is 11.4 Å². The number of pyridine rings is 1. The van der Waals surface area contributed by atoms with Gasteiger partial charge in [-0.3, -0.25) is 9.20 Å². The lowest BCUT2D eigenvalue weighted by atomic mass is 10.0. The lowest BCUT2D eigenvalue weighted by Gasteiger charge is -2.26. The fourth-order valence-electron chi connectivity index (χ4n) is 3.70. The lowest BCUT2D eigenvalue weighted by molar-refractivity contribution is -0.124. The number of hydrogen-bond donors (Lipinski definition) is 2. The first-order valence-corrected chi connectivity index (χ1v) is 7.64. The SMILES string of the molecule is CC(C)(NC(=O)C1C2CNCC21)c1ncc2cccc(F)n12. The third-order valence-electron chi connectivity index (χ3n) is 4.89. The number of amides is 1. The van der Waals surface area contributed by atoms with E-state index in [1.54, 1.807) is 18.3 Å². The van der Waals surface area contributed by atoms with Crippen molar-refractivity contribution < 1.29 is 9.18 Å². The van der Waals surface area contributed by atoms with E-state index in [1.165, 1.54) is 10.5 Å². The summed E-state index contributed by atoms with van der Waals surface area (Å²) in [5.74, 6) is 1.21. The van der Waals surface area contributed by atoms with Crippen LogP contribution in [-0.4, -0.2) is 28.4 Å². The molecule has 2 aromatic heterocycles. The van der Waals surface area contributed by atoms with E-state index in [1.807, 2.05) is 13.8 Å². The molecule has 0 aromatic carbocycles. The highest BCUT2D eigenvalue weighted by molar-refractivity contribution is 5.83. The summed E-state index contributed by atoms with van der Waals surface area (Å²) >= 11 is 0. The summed E-state index contributed by atoms with van der Waals surface area (Å²) in [6.45, 7) is 5.57. The molecule has 116 valence electrons. The monoisotopic (exact) mass is 302 g/mol. The van der Waals surface area contributed by atoms with Crippen LogP contribution in [-0.2, 0) is 10.3 Å². The Morgan fingerprint density at radius 1 is 1.41 bits per heavy atom. The van der Waals surface area contributed by atoms with E-state index in [9.17, 15) is 9.18 Å². The topological polar surface area (TPSA) is 58.4 Å². The van der Waals surface area contributed by atoms with Gasteiger partial charge in [-0.1, -0.05) is 6.07 Å². The van der Waals surface area contributed by atoms with Gasteiger partial charge in [-0.2, -0.15) is 4.39 Å². The van der Waals surface area contributed by atoms with E-state index in [0.717, 1.165) is 13.1 Å². The normalized spacial score (nSPS) is 27.0. The van der Waals surface area contributed by atoms with Gasteiger partial charge in [-0.25, -0.2) is 4.98 Å². The number of rotatable bonds is 3. The first kappa shape index (κ1) is 13.7. The predicted molar refractivity (Wildman–Crippen MR) is 79.7 cm³/mol. The van der Waals surface area contributed by atoms with Crippen molar-refractivity contribution in [3.05, 3.63) is 36.2 Å². The van der Waals surface area contributed by atoms with E-state index in [0.29, 0.717) is 23.2 Å². The van der Waals surface area contributed by atoms with Crippen LogP contribution in [0.2, 0.25) is 0 Å². The molecule has 4 rings (SSSR count). The molecule has 2 fully saturated rings. The number of halogens is 1. The minimum atomic E-state index is -0.726. The number of piperidine rings is 1. The van der Waals surface area contributed by atoms with Gasteiger partial charge in [-0.15, -0.1) is 0 Å². The molecule has 6 heteroatoms. The standard InChI is InChI=1S/C16H19FN4O/c1-16(2,20-14(22)13-10-7-18-8-11(10)13)15-19-6-9-4-3-5-12(17)21(9)15/h3-6,10-11,13,18H,7-8H2,1-2H3,(H,20,22). The van der Waals surface area contributed by atoms with E-state index in [4.69, 9.17) is 0 Å². The fraction of sp³-hybridized carbons (Fsp3) is 0.500. The maximum Gasteiger partial charge on any atom is 0.224 e. The number of carbonyl (C=O) groups excluding carboxylic acids is 1. The Morgan fingerprint density at radius 3 is 2.86 bits per heavy atom. The number of aromatic nitrogens is 2. The van der Waals surface area contributed by atoms with Crippen molar-refractivity contribution in [2.75, 3.05) is 13.1 Å². The smallest absolute Gasteiger partial charge is 0.224 e. The van der Waals surface area contributed by atoms with Gasteiger partial charge in [0.05, 0.1) is 17.3 Å². The Hall–Kier alpha value is -1.95. The second kappa shape index (κ2) is 4.52. The maximum absolute atomic E-state index is 14.1. The molecule has 3 heterocycles. The molecule has 2 N–H and O–H groups in total. The summed E-state index contributed by atoms with van der Waals surface area (Å²) in [6, 6.07) is 4.85. The second-order valence-electron chi connectivity index (χ2n) is 6.82. The first-order valence-electron chi connectivity index (χ1n) is 7.64. The fourth-order valence-corrected chi connectivity index (χ4v) is 3.70. The number of imidazole rings is 1. The molecular weight excluding hydrogens is 283 g/mol. The van der Waals surface area contributed by atoms with Crippen molar-refractivity contribution in [3.8, 4) is 0 Å². The zero-order valence-corrected chi connectivity index (χ0v) is 12.6. The second-order valence-corrected chi connectivity index (χ2v) is 6.82. The van der Waals surface area contributed by atoms with Gasteiger partial charge in [0.25, 0.3) is 0 Å². The molecular formula is C16H19FN4O. The maximum atomic E-state index is 14.1. The van der Waals surface area contributed by atoms with Crippen LogP contribution < -0.4 is 10.6 Å². The van der Waals surface area contributed by atoms with E-state index in [-0.39, 0.29) is 17.8 Å². The first-order chi connectivity index (χ1) is 10.5. The summed E-state index contributed by atoms with van der Waals surface area (Å²) in [5, 5.41) is 6.33. The van der Waals surface area contributed by atoms with Crippen LogP contribution in [0.5, 0.6) is 0 Å². The predicted octanol–water partition coefficient (Wildman–Crippen LogP) is 1.29. The molecule has 2 aliphatic rings. The summed E-state index contributed by atoms with van der Waals surface area (Å²) in [6.07, 6.45) is 1.63. The third kappa shape index (κ3) is 1.94. The van der Waals surface area contributed by atoms with Crippen molar-refractivity contribution in [2.24, 2.45) is 17.8 Å². The molecule has 2 aromatic rings. The van der Waals surface area contributed by atoms with Gasteiger partial charge in [0.15, 0.2) is 5.95 Å². The molecule has 1 amide bonds. The van der Waals surface area contributed by atoms with Gasteiger partial charge in [0.2, 0.25) is 5.91 Å². The zero-order chi connectivity index (χ0) is 15.5. The summed E-state index contributed by atoms with van der Waals surface area (Å²) < 4.78 is 15.6. The van der Waals surface area contributed by atoms with Crippen molar-refractivity contribution in [2.45, 2.75) is 19.4 Å². The van der Waals surface area contributed by atoms with Gasteiger partial charge in [0, 0.05) is 5.92 Å². The zero-order valence-electron chi connectivity index (χ0n) is 12.6. The molecule has 0 spiro atoms. The average Bonchev–Trinajstić information content (AvgIpc) is 2.85. The van der Waals surface area contributed by atoms with Crippen molar-refractivity contribution in [1.29, 1.82) is 0 Å². The van der Waals surface area contributed by atoms with Gasteiger partial charge in [-0.05, 0) is 50.9 Å². The molecule has 0 bridgehead atoms. The highest BCUT2D eigenvalue weighted by Crippen LogP contribution is 2.49. The van der Waals surface area contributed by atoms with E-state index in [2.05, 4.69) is 15.6 Å². The van der Waals surface area contributed by atoms with E-state index < -0.39 is 5.54 Å². The molecule has 2 atom stereocenters. The largest absolute Gasteiger partial charge is 0.344 e. The highest BCUT2D eigenvalue weighted by atomic mass is 19.1. The number of hydrogen-bond acceptors (Lipinski definition) is 3. The van der Waals surface area contributed by atoms with E-state index >= 15 is 0 Å². The van der Waals surface area contributed by atoms with Gasteiger partial charge < -0.3 is 10.6 Å². The highest BCUT2D eigenvalue weighted by Gasteiger charge is 2.57. The third-order valence-corrected chi connectivity index (χ3v) is 4.89. The molecule has 2 unspecified atom stereocenters. The number of nitrogens with zero attached hydrogens (tertiary/aromatic N) is 2. The molecule has 1 saturated heterocycles. The molecule has 1 aliphatic carbocycles. The Kier molecular flexibility index (Phi) is 2.81. The van der Waals surface area contributed by atoms with Crippen LogP contribution in [0, 0.1) is 23.7 Å². The van der Waals surface area contributed by atoms with Crippen molar-refractivity contribution in [1.82, 2.24) is 20.0 Å². The number of nitrogens with one attached hydrogen (secondary N) is 2. The molecule has 5 nitrogen and oxygen atoms in total. The minimum Gasteiger partial charge on any atom is -0.344 e. The van der Waals surface area contributed by atoms with Crippen molar-refractivity contribution in [3.63, 3.8) is 0 Å². The number of carbonyl (C=O) groups is 1. The summed E-state index contributed by atoms with van der Waals surface area (Å²) in [7, 11) is 0. The van der Waals surface area contributed by atoms with Crippen LogP contribution in [0.15, 0.2) is 24.4 Å². The lowest BCUT2D eigenvalue weighted by Crippen LogP contribution is -2.44. The van der Waals surface area contributed by atoms with Crippen LogP contribution >= 0.6 is 0 Å². The van der Waals surface area contributed by atoms with Gasteiger partial charge >= 0.3 is 0 Å². The van der Waals surface area contributed by atoms with Crippen LogP contribution in [0.4, 0.5) is 4.39 Å². The van der Waals surface area contributed by atoms with Crippen LogP contribution in [0.3, 0.4) is 0 Å². The van der Waals surface area contributed by atoms with Crippen LogP contribution in [0.25, 0.3) is 5.52 Å². The summed E-state index contributed by atoms with van der Waals surface area (Å²) in [5.41, 5.74) is -0.0412. The Balaban J connectivity index is 1.61. The van der Waals surface area contributed by atoms with Gasteiger partial charge in [0.1, 0.15) is 5.82 Å². The average molecular weight is 302 g/mol.